The van der Waals surface area contributed by atoms with Gasteiger partial charge in [0.05, 0.1) is 19.9 Å². The van der Waals surface area contributed by atoms with Crippen LogP contribution in [0.25, 0.3) is 11.3 Å². The molecule has 2 rings (SSSR count). The van der Waals surface area contributed by atoms with Gasteiger partial charge in [0.25, 0.3) is 0 Å². The van der Waals surface area contributed by atoms with E-state index in [4.69, 9.17) is 9.47 Å². The van der Waals surface area contributed by atoms with Crippen molar-refractivity contribution in [2.75, 3.05) is 14.2 Å². The Hall–Kier alpha value is -2.10. The summed E-state index contributed by atoms with van der Waals surface area (Å²) in [6, 6.07) is 8.47. The fourth-order valence-electron chi connectivity index (χ4n) is 1.77. The number of aromatic nitrogens is 1. The van der Waals surface area contributed by atoms with Gasteiger partial charge in [-0.1, -0.05) is 6.07 Å². The van der Waals surface area contributed by atoms with E-state index in [1.165, 1.54) is 13.2 Å². The maximum absolute atomic E-state index is 13.7. The molecule has 0 bridgehead atoms. The van der Waals surface area contributed by atoms with Gasteiger partial charge in [-0.25, -0.2) is 9.37 Å². The van der Waals surface area contributed by atoms with Crippen molar-refractivity contribution in [2.24, 2.45) is 0 Å². The summed E-state index contributed by atoms with van der Waals surface area (Å²) >= 11 is 0. The Balaban J connectivity index is 2.53. The molecule has 1 heterocycles. The normalized spacial score (nSPS) is 10.2. The third kappa shape index (κ3) is 2.27. The molecule has 3 nitrogen and oxygen atoms in total. The maximum atomic E-state index is 13.7. The van der Waals surface area contributed by atoms with Crippen LogP contribution in [0.3, 0.4) is 0 Å². The van der Waals surface area contributed by atoms with Crippen LogP contribution >= 0.6 is 0 Å². The van der Waals surface area contributed by atoms with Gasteiger partial charge >= 0.3 is 0 Å². The van der Waals surface area contributed by atoms with Gasteiger partial charge in [-0.2, -0.15) is 0 Å². The number of pyridine rings is 1. The van der Waals surface area contributed by atoms with Gasteiger partial charge < -0.3 is 9.47 Å². The summed E-state index contributed by atoms with van der Waals surface area (Å²) in [6.07, 6.45) is 0. The Bertz CT molecular complexity index is 570. The Morgan fingerprint density at radius 2 is 1.89 bits per heavy atom. The zero-order valence-corrected chi connectivity index (χ0v) is 10.5. The smallest absolute Gasteiger partial charge is 0.213 e. The largest absolute Gasteiger partial charge is 0.494 e. The van der Waals surface area contributed by atoms with E-state index in [9.17, 15) is 4.39 Å². The van der Waals surface area contributed by atoms with Crippen molar-refractivity contribution in [1.82, 2.24) is 4.98 Å². The summed E-state index contributed by atoms with van der Waals surface area (Å²) in [5.41, 5.74) is 2.30. The van der Waals surface area contributed by atoms with Gasteiger partial charge in [0.1, 0.15) is 0 Å². The lowest BCUT2D eigenvalue weighted by Crippen LogP contribution is -1.94. The average Bonchev–Trinajstić information content (AvgIpc) is 2.41. The molecule has 18 heavy (non-hydrogen) atoms. The van der Waals surface area contributed by atoms with Gasteiger partial charge in [0, 0.05) is 11.6 Å². The molecule has 1 aromatic carbocycles. The molecule has 0 saturated heterocycles. The lowest BCUT2D eigenvalue weighted by molar-refractivity contribution is 0.386. The highest BCUT2D eigenvalue weighted by Gasteiger charge is 2.10. The van der Waals surface area contributed by atoms with Crippen LogP contribution in [-0.4, -0.2) is 19.2 Å². The van der Waals surface area contributed by atoms with Crippen LogP contribution in [0.5, 0.6) is 11.6 Å². The maximum Gasteiger partial charge on any atom is 0.213 e. The molecule has 0 atom stereocenters. The highest BCUT2D eigenvalue weighted by molar-refractivity contribution is 5.65. The van der Waals surface area contributed by atoms with Crippen LogP contribution < -0.4 is 9.47 Å². The number of halogens is 1. The first-order valence-electron chi connectivity index (χ1n) is 5.51. The van der Waals surface area contributed by atoms with Crippen LogP contribution in [0.15, 0.2) is 30.3 Å². The number of hydrogen-bond acceptors (Lipinski definition) is 3. The van der Waals surface area contributed by atoms with Crippen molar-refractivity contribution in [3.05, 3.63) is 41.7 Å². The predicted octanol–water partition coefficient (Wildman–Crippen LogP) is 3.21. The van der Waals surface area contributed by atoms with E-state index in [-0.39, 0.29) is 5.75 Å². The monoisotopic (exact) mass is 247 g/mol. The Kier molecular flexibility index (Phi) is 3.46. The number of nitrogens with zero attached hydrogens (tertiary/aromatic N) is 1. The standard InChI is InChI=1S/C14H14FNO2/c1-9-7-13(17-2)11(15)8-10(9)12-5-4-6-14(16-12)18-3/h4-8H,1-3H3. The van der Waals surface area contributed by atoms with Gasteiger partial charge in [-0.3, -0.25) is 0 Å². The molecule has 0 aliphatic rings. The van der Waals surface area contributed by atoms with Crippen molar-refractivity contribution < 1.29 is 13.9 Å². The first kappa shape index (κ1) is 12.4. The van der Waals surface area contributed by atoms with Crippen molar-refractivity contribution in [3.8, 4) is 22.9 Å². The lowest BCUT2D eigenvalue weighted by Gasteiger charge is -2.09. The van der Waals surface area contributed by atoms with Crippen LogP contribution in [0.4, 0.5) is 4.39 Å². The van der Waals surface area contributed by atoms with Crippen LogP contribution in [-0.2, 0) is 0 Å². The van der Waals surface area contributed by atoms with E-state index < -0.39 is 5.82 Å². The second-order valence-electron chi connectivity index (χ2n) is 3.87. The molecular weight excluding hydrogens is 233 g/mol. The van der Waals surface area contributed by atoms with Gasteiger partial charge in [0.15, 0.2) is 11.6 Å². The zero-order valence-electron chi connectivity index (χ0n) is 10.5. The molecule has 0 N–H and O–H groups in total. The molecular formula is C14H14FNO2. The fraction of sp³-hybridized carbons (Fsp3) is 0.214. The topological polar surface area (TPSA) is 31.4 Å². The molecule has 94 valence electrons. The first-order chi connectivity index (χ1) is 8.65. The number of benzene rings is 1. The van der Waals surface area contributed by atoms with Crippen molar-refractivity contribution >= 4 is 0 Å². The highest BCUT2D eigenvalue weighted by Crippen LogP contribution is 2.29. The molecule has 0 unspecified atom stereocenters. The summed E-state index contributed by atoms with van der Waals surface area (Å²) in [6.45, 7) is 1.89. The summed E-state index contributed by atoms with van der Waals surface area (Å²) in [5, 5.41) is 0. The van der Waals surface area contributed by atoms with E-state index in [2.05, 4.69) is 4.98 Å². The van der Waals surface area contributed by atoms with Crippen molar-refractivity contribution in [2.45, 2.75) is 6.92 Å². The van der Waals surface area contributed by atoms with E-state index in [1.54, 1.807) is 19.2 Å². The highest BCUT2D eigenvalue weighted by atomic mass is 19.1. The summed E-state index contributed by atoms with van der Waals surface area (Å²) in [4.78, 5) is 4.29. The first-order valence-corrected chi connectivity index (χ1v) is 5.51. The summed E-state index contributed by atoms with van der Waals surface area (Å²) in [7, 11) is 2.99. The minimum atomic E-state index is -0.400. The van der Waals surface area contributed by atoms with Crippen molar-refractivity contribution in [1.29, 1.82) is 0 Å². The summed E-state index contributed by atoms with van der Waals surface area (Å²) < 4.78 is 23.7. The molecule has 0 aliphatic heterocycles. The number of methoxy groups -OCH3 is 2. The molecule has 0 fully saturated rings. The molecule has 0 spiro atoms. The van der Waals surface area contributed by atoms with Gasteiger partial charge in [0.2, 0.25) is 5.88 Å². The molecule has 2 aromatic rings. The molecule has 0 amide bonds. The Morgan fingerprint density at radius 1 is 1.11 bits per heavy atom. The second-order valence-corrected chi connectivity index (χ2v) is 3.87. The SMILES string of the molecule is COc1cccc(-c2cc(F)c(OC)cc2C)n1. The third-order valence-electron chi connectivity index (χ3n) is 2.71. The van der Waals surface area contributed by atoms with E-state index in [0.717, 1.165) is 11.1 Å². The molecule has 1 aromatic heterocycles. The van der Waals surface area contributed by atoms with Crippen LogP contribution in [0.1, 0.15) is 5.56 Å². The number of aryl methyl sites for hydroxylation is 1. The minimum Gasteiger partial charge on any atom is -0.494 e. The van der Waals surface area contributed by atoms with Crippen LogP contribution in [0, 0.1) is 12.7 Å². The quantitative estimate of drug-likeness (QED) is 0.834. The number of rotatable bonds is 3. The Morgan fingerprint density at radius 3 is 2.56 bits per heavy atom. The molecule has 0 aliphatic carbocycles. The van der Waals surface area contributed by atoms with E-state index >= 15 is 0 Å². The van der Waals surface area contributed by atoms with Gasteiger partial charge in [-0.15, -0.1) is 0 Å². The van der Waals surface area contributed by atoms with Gasteiger partial charge in [-0.05, 0) is 30.7 Å². The second kappa shape index (κ2) is 5.04. The Labute approximate surface area is 105 Å². The number of ether oxygens (including phenoxy) is 2. The zero-order chi connectivity index (χ0) is 13.1. The van der Waals surface area contributed by atoms with E-state index in [1.807, 2.05) is 19.1 Å². The van der Waals surface area contributed by atoms with Crippen molar-refractivity contribution in [3.63, 3.8) is 0 Å². The fourth-order valence-corrected chi connectivity index (χ4v) is 1.77. The van der Waals surface area contributed by atoms with Crippen LogP contribution in [0.2, 0.25) is 0 Å². The molecule has 0 radical (unpaired) electrons. The molecule has 4 heteroatoms. The predicted molar refractivity (Wildman–Crippen MR) is 67.5 cm³/mol. The lowest BCUT2D eigenvalue weighted by atomic mass is 10.0. The summed E-state index contributed by atoms with van der Waals surface area (Å²) in [5.74, 6) is 0.338. The minimum absolute atomic E-state index is 0.235. The molecule has 0 saturated carbocycles. The third-order valence-corrected chi connectivity index (χ3v) is 2.71. The number of hydrogen-bond donors (Lipinski definition) is 0. The van der Waals surface area contributed by atoms with E-state index in [0.29, 0.717) is 11.6 Å². The average molecular weight is 247 g/mol.